The highest BCUT2D eigenvalue weighted by atomic mass is 16.2. The Bertz CT molecular complexity index is 648. The highest BCUT2D eigenvalue weighted by Crippen LogP contribution is 2.17. The molecule has 1 amide bonds. The lowest BCUT2D eigenvalue weighted by molar-refractivity contribution is 0.0892. The first-order valence-corrected chi connectivity index (χ1v) is 7.41. The fraction of sp³-hybridized carbons (Fsp3) is 0.438. The van der Waals surface area contributed by atoms with Gasteiger partial charge in [0.1, 0.15) is 5.69 Å². The van der Waals surface area contributed by atoms with Crippen molar-refractivity contribution >= 4 is 16.9 Å². The molecule has 1 aromatic carbocycles. The van der Waals surface area contributed by atoms with Crippen LogP contribution in [0.4, 0.5) is 0 Å². The monoisotopic (exact) mass is 284 g/mol. The van der Waals surface area contributed by atoms with Crippen LogP contribution in [-0.4, -0.2) is 34.5 Å². The van der Waals surface area contributed by atoms with Crippen LogP contribution in [0.25, 0.3) is 11.0 Å². The van der Waals surface area contributed by atoms with Crippen LogP contribution in [0, 0.1) is 5.92 Å². The van der Waals surface area contributed by atoms with Crippen LogP contribution in [0.2, 0.25) is 0 Å². The van der Waals surface area contributed by atoms with Gasteiger partial charge in [0.15, 0.2) is 0 Å². The van der Waals surface area contributed by atoms with E-state index in [0.717, 1.165) is 24.0 Å². The number of aromatic nitrogens is 2. The molecule has 3 unspecified atom stereocenters. The minimum absolute atomic E-state index is 0.125. The van der Waals surface area contributed by atoms with Crippen molar-refractivity contribution in [3.8, 4) is 0 Å². The first kappa shape index (κ1) is 13.9. The van der Waals surface area contributed by atoms with Crippen molar-refractivity contribution in [3.05, 3.63) is 36.2 Å². The third kappa shape index (κ3) is 2.88. The first-order chi connectivity index (χ1) is 10.1. The number of para-hydroxylation sites is 2. The second-order valence-electron chi connectivity index (χ2n) is 5.75. The molecule has 5 heteroatoms. The fourth-order valence-electron chi connectivity index (χ4n) is 2.90. The predicted molar refractivity (Wildman–Crippen MR) is 82.0 cm³/mol. The van der Waals surface area contributed by atoms with Crippen molar-refractivity contribution in [3.63, 3.8) is 0 Å². The highest BCUT2D eigenvalue weighted by Gasteiger charge is 2.29. The lowest BCUT2D eigenvalue weighted by atomic mass is 9.89. The molecular formula is C16H20N4O. The third-order valence-electron chi connectivity index (χ3n) is 4.20. The van der Waals surface area contributed by atoms with E-state index in [4.69, 9.17) is 0 Å². The Morgan fingerprint density at radius 1 is 1.29 bits per heavy atom. The summed E-state index contributed by atoms with van der Waals surface area (Å²) in [5.41, 5.74) is 1.92. The van der Waals surface area contributed by atoms with E-state index in [-0.39, 0.29) is 18.0 Å². The molecule has 110 valence electrons. The van der Waals surface area contributed by atoms with Gasteiger partial charge in [-0.2, -0.15) is 0 Å². The van der Waals surface area contributed by atoms with Gasteiger partial charge in [0.05, 0.1) is 17.2 Å². The van der Waals surface area contributed by atoms with E-state index in [1.54, 1.807) is 6.20 Å². The van der Waals surface area contributed by atoms with Crippen LogP contribution in [0.3, 0.4) is 0 Å². The van der Waals surface area contributed by atoms with Gasteiger partial charge in [0.25, 0.3) is 5.91 Å². The predicted octanol–water partition coefficient (Wildman–Crippen LogP) is 1.75. The van der Waals surface area contributed by atoms with Gasteiger partial charge in [-0.25, -0.2) is 4.98 Å². The Kier molecular flexibility index (Phi) is 3.84. The van der Waals surface area contributed by atoms with Gasteiger partial charge in [-0.15, -0.1) is 0 Å². The maximum absolute atomic E-state index is 12.4. The quantitative estimate of drug-likeness (QED) is 0.881. The van der Waals surface area contributed by atoms with Crippen molar-refractivity contribution in [1.29, 1.82) is 0 Å². The normalized spacial score (nSPS) is 25.7. The second kappa shape index (κ2) is 5.77. The minimum Gasteiger partial charge on any atom is -0.346 e. The smallest absolute Gasteiger partial charge is 0.271 e. The number of nitrogens with one attached hydrogen (secondary N) is 2. The number of carbonyl (C=O) groups is 1. The first-order valence-electron chi connectivity index (χ1n) is 7.41. The average molecular weight is 284 g/mol. The molecule has 0 radical (unpaired) electrons. The lowest BCUT2D eigenvalue weighted by Crippen LogP contribution is -2.56. The van der Waals surface area contributed by atoms with Crippen LogP contribution in [0.15, 0.2) is 30.5 Å². The van der Waals surface area contributed by atoms with E-state index >= 15 is 0 Å². The number of carbonyl (C=O) groups excluding carboxylic acids is 1. The summed E-state index contributed by atoms with van der Waals surface area (Å²) in [6.07, 6.45) is 2.61. The molecule has 2 aromatic rings. The highest BCUT2D eigenvalue weighted by molar-refractivity contribution is 5.94. The Morgan fingerprint density at radius 3 is 2.81 bits per heavy atom. The molecule has 0 saturated carbocycles. The number of hydrogen-bond acceptors (Lipinski definition) is 4. The largest absolute Gasteiger partial charge is 0.346 e. The summed E-state index contributed by atoms with van der Waals surface area (Å²) in [4.78, 5) is 21.1. The molecule has 2 heterocycles. The number of fused-ring (bicyclic) bond motifs is 1. The minimum atomic E-state index is -0.152. The molecule has 1 saturated heterocycles. The molecule has 21 heavy (non-hydrogen) atoms. The number of rotatable bonds is 2. The number of amides is 1. The van der Waals surface area contributed by atoms with Gasteiger partial charge < -0.3 is 10.6 Å². The molecule has 1 aliphatic heterocycles. The number of nitrogens with zero attached hydrogens (tertiary/aromatic N) is 2. The van der Waals surface area contributed by atoms with Crippen molar-refractivity contribution in [2.75, 3.05) is 6.54 Å². The van der Waals surface area contributed by atoms with E-state index in [1.807, 2.05) is 24.3 Å². The molecule has 3 rings (SSSR count). The maximum atomic E-state index is 12.4. The summed E-state index contributed by atoms with van der Waals surface area (Å²) < 4.78 is 0. The summed E-state index contributed by atoms with van der Waals surface area (Å²) in [6, 6.07) is 7.96. The van der Waals surface area contributed by atoms with E-state index in [9.17, 15) is 4.79 Å². The van der Waals surface area contributed by atoms with E-state index in [2.05, 4.69) is 34.4 Å². The summed E-state index contributed by atoms with van der Waals surface area (Å²) in [7, 11) is 0. The van der Waals surface area contributed by atoms with Crippen molar-refractivity contribution in [2.45, 2.75) is 32.4 Å². The van der Waals surface area contributed by atoms with Gasteiger partial charge in [-0.3, -0.25) is 9.78 Å². The fourth-order valence-corrected chi connectivity index (χ4v) is 2.90. The molecule has 0 spiro atoms. The Labute approximate surface area is 124 Å². The van der Waals surface area contributed by atoms with Gasteiger partial charge in [-0.05, 0) is 37.9 Å². The number of piperidine rings is 1. The summed E-state index contributed by atoms with van der Waals surface area (Å²) in [6.45, 7) is 5.28. The van der Waals surface area contributed by atoms with Crippen LogP contribution < -0.4 is 10.6 Å². The molecule has 2 N–H and O–H groups in total. The summed E-state index contributed by atoms with van der Waals surface area (Å²) in [5.74, 6) is 0.305. The maximum Gasteiger partial charge on any atom is 0.271 e. The average Bonchev–Trinajstić information content (AvgIpc) is 2.50. The molecule has 1 fully saturated rings. The van der Waals surface area contributed by atoms with Crippen molar-refractivity contribution < 1.29 is 4.79 Å². The zero-order valence-electron chi connectivity index (χ0n) is 12.3. The van der Waals surface area contributed by atoms with Crippen LogP contribution in [-0.2, 0) is 0 Å². The Hall–Kier alpha value is -2.01. The lowest BCUT2D eigenvalue weighted by Gasteiger charge is -2.35. The van der Waals surface area contributed by atoms with Gasteiger partial charge in [-0.1, -0.05) is 19.1 Å². The Balaban J connectivity index is 1.80. The molecule has 1 aromatic heterocycles. The van der Waals surface area contributed by atoms with Gasteiger partial charge in [0.2, 0.25) is 0 Å². The molecular weight excluding hydrogens is 264 g/mol. The van der Waals surface area contributed by atoms with Crippen LogP contribution in [0.1, 0.15) is 30.8 Å². The SMILES string of the molecule is CC1CCNC(C)C1NC(=O)c1cnc2ccccc2n1. The zero-order chi connectivity index (χ0) is 14.8. The van der Waals surface area contributed by atoms with Crippen molar-refractivity contribution in [1.82, 2.24) is 20.6 Å². The third-order valence-corrected chi connectivity index (χ3v) is 4.20. The van der Waals surface area contributed by atoms with Crippen LogP contribution in [0.5, 0.6) is 0 Å². The number of benzene rings is 1. The zero-order valence-corrected chi connectivity index (χ0v) is 12.3. The van der Waals surface area contributed by atoms with E-state index < -0.39 is 0 Å². The molecule has 3 atom stereocenters. The van der Waals surface area contributed by atoms with E-state index in [0.29, 0.717) is 11.6 Å². The number of hydrogen-bond donors (Lipinski definition) is 2. The second-order valence-corrected chi connectivity index (χ2v) is 5.75. The van der Waals surface area contributed by atoms with E-state index in [1.165, 1.54) is 0 Å². The standard InChI is InChI=1S/C16H20N4O/c1-10-7-8-17-11(2)15(10)20-16(21)14-9-18-12-5-3-4-6-13(12)19-14/h3-6,9-11,15,17H,7-8H2,1-2H3,(H,20,21). The summed E-state index contributed by atoms with van der Waals surface area (Å²) >= 11 is 0. The molecule has 1 aliphatic rings. The van der Waals surface area contributed by atoms with Gasteiger partial charge in [0, 0.05) is 12.1 Å². The topological polar surface area (TPSA) is 66.9 Å². The molecule has 0 aliphatic carbocycles. The van der Waals surface area contributed by atoms with Crippen molar-refractivity contribution in [2.24, 2.45) is 5.92 Å². The summed E-state index contributed by atoms with van der Waals surface area (Å²) in [5, 5.41) is 6.49. The molecule has 5 nitrogen and oxygen atoms in total. The Morgan fingerprint density at radius 2 is 2.05 bits per heavy atom. The van der Waals surface area contributed by atoms with Gasteiger partial charge >= 0.3 is 0 Å². The molecule has 0 bridgehead atoms. The van der Waals surface area contributed by atoms with Crippen LogP contribution >= 0.6 is 0 Å².